The lowest BCUT2D eigenvalue weighted by Gasteiger charge is -2.31. The van der Waals surface area contributed by atoms with Crippen LogP contribution in [-0.2, 0) is 14.9 Å². The van der Waals surface area contributed by atoms with E-state index < -0.39 is 0 Å². The molecule has 164 valence electrons. The quantitative estimate of drug-likeness (QED) is 0.213. The van der Waals surface area contributed by atoms with Gasteiger partial charge >= 0.3 is 0 Å². The average Bonchev–Trinajstić information content (AvgIpc) is 3.40. The van der Waals surface area contributed by atoms with E-state index in [1.165, 1.54) is 31.2 Å². The lowest BCUT2D eigenvalue weighted by Crippen LogP contribution is -2.45. The Morgan fingerprint density at radius 2 is 2.00 bits per heavy atom. The van der Waals surface area contributed by atoms with Crippen molar-refractivity contribution in [3.63, 3.8) is 0 Å². The standard InChI is InChI=1S/C22H34ClN3O2.HI/c1-24-21(25-12-4-13-27-15-18-9-14-28-16-18)26-17-22(10-2-3-11-22)19-5-7-20(23)8-6-19;/h5-8,18H,2-4,9-17H2,1H3,(H2,24,25,26);1H. The minimum absolute atomic E-state index is 0. The van der Waals surface area contributed by atoms with E-state index in [9.17, 15) is 0 Å². The summed E-state index contributed by atoms with van der Waals surface area (Å²) >= 11 is 6.08. The highest BCUT2D eigenvalue weighted by Crippen LogP contribution is 2.40. The molecule has 5 nitrogen and oxygen atoms in total. The van der Waals surface area contributed by atoms with Gasteiger partial charge in [-0.1, -0.05) is 36.6 Å². The summed E-state index contributed by atoms with van der Waals surface area (Å²) in [5.41, 5.74) is 1.55. The number of hydrogen-bond donors (Lipinski definition) is 2. The van der Waals surface area contributed by atoms with Gasteiger partial charge < -0.3 is 20.1 Å². The molecule has 1 aliphatic carbocycles. The second-order valence-corrected chi connectivity index (χ2v) is 8.44. The summed E-state index contributed by atoms with van der Waals surface area (Å²) in [6, 6.07) is 8.36. The predicted octanol–water partition coefficient (Wildman–Crippen LogP) is 4.38. The van der Waals surface area contributed by atoms with Crippen LogP contribution in [0.4, 0.5) is 0 Å². The molecular weight excluding hydrogens is 501 g/mol. The van der Waals surface area contributed by atoms with Gasteiger partial charge in [0.05, 0.1) is 13.2 Å². The van der Waals surface area contributed by atoms with E-state index in [1.807, 2.05) is 19.2 Å². The third kappa shape index (κ3) is 7.56. The van der Waals surface area contributed by atoms with Crippen molar-refractivity contribution in [2.45, 2.75) is 43.9 Å². The molecule has 1 saturated heterocycles. The van der Waals surface area contributed by atoms with Crippen LogP contribution in [0.2, 0.25) is 5.02 Å². The van der Waals surface area contributed by atoms with E-state index in [2.05, 4.69) is 27.8 Å². The van der Waals surface area contributed by atoms with Gasteiger partial charge in [0.15, 0.2) is 5.96 Å². The largest absolute Gasteiger partial charge is 0.381 e. The van der Waals surface area contributed by atoms with Gasteiger partial charge in [0, 0.05) is 49.7 Å². The van der Waals surface area contributed by atoms with E-state index in [4.69, 9.17) is 21.1 Å². The molecule has 2 aliphatic rings. The van der Waals surface area contributed by atoms with Gasteiger partial charge in [0.1, 0.15) is 0 Å². The van der Waals surface area contributed by atoms with Crippen LogP contribution in [0.3, 0.4) is 0 Å². The summed E-state index contributed by atoms with van der Waals surface area (Å²) in [6.07, 6.45) is 7.06. The monoisotopic (exact) mass is 535 g/mol. The second-order valence-electron chi connectivity index (χ2n) is 8.00. The lowest BCUT2D eigenvalue weighted by atomic mass is 9.79. The van der Waals surface area contributed by atoms with Crippen LogP contribution in [0, 0.1) is 5.92 Å². The van der Waals surface area contributed by atoms with Gasteiger partial charge in [-0.25, -0.2) is 0 Å². The minimum Gasteiger partial charge on any atom is -0.381 e. The Bertz CT molecular complexity index is 615. The van der Waals surface area contributed by atoms with Crippen molar-refractivity contribution in [1.29, 1.82) is 0 Å². The molecule has 0 bridgehead atoms. The fraction of sp³-hybridized carbons (Fsp3) is 0.682. The molecule has 1 saturated carbocycles. The summed E-state index contributed by atoms with van der Waals surface area (Å²) in [6.45, 7) is 5.08. The zero-order chi connectivity index (χ0) is 19.7. The number of benzene rings is 1. The van der Waals surface area contributed by atoms with Gasteiger partial charge in [-0.05, 0) is 43.4 Å². The molecule has 1 heterocycles. The number of nitrogens with zero attached hydrogens (tertiary/aromatic N) is 1. The fourth-order valence-corrected chi connectivity index (χ4v) is 4.37. The maximum atomic E-state index is 6.08. The SMILES string of the molecule is CN=C(NCCCOCC1CCOC1)NCC1(c2ccc(Cl)cc2)CCCC1.I. The Morgan fingerprint density at radius 1 is 1.24 bits per heavy atom. The minimum atomic E-state index is 0. The van der Waals surface area contributed by atoms with Crippen LogP contribution in [0.5, 0.6) is 0 Å². The number of rotatable bonds is 9. The van der Waals surface area contributed by atoms with Gasteiger partial charge in [0.2, 0.25) is 0 Å². The normalized spacial score (nSPS) is 21.0. The average molecular weight is 536 g/mol. The molecule has 2 N–H and O–H groups in total. The lowest BCUT2D eigenvalue weighted by molar-refractivity contribution is 0.0888. The Hall–Kier alpha value is -0.570. The van der Waals surface area contributed by atoms with Crippen molar-refractivity contribution < 1.29 is 9.47 Å². The zero-order valence-corrected chi connectivity index (χ0v) is 20.5. The summed E-state index contributed by atoms with van der Waals surface area (Å²) in [5.74, 6) is 1.45. The number of ether oxygens (including phenoxy) is 2. The number of halogens is 2. The topological polar surface area (TPSA) is 54.9 Å². The van der Waals surface area contributed by atoms with Crippen LogP contribution in [-0.4, -0.2) is 52.5 Å². The first-order valence-electron chi connectivity index (χ1n) is 10.6. The van der Waals surface area contributed by atoms with E-state index in [0.29, 0.717) is 5.92 Å². The third-order valence-corrected chi connectivity index (χ3v) is 6.22. The van der Waals surface area contributed by atoms with E-state index in [1.54, 1.807) is 0 Å². The van der Waals surface area contributed by atoms with Gasteiger partial charge in [0.25, 0.3) is 0 Å². The number of aliphatic imine (C=N–C) groups is 1. The Morgan fingerprint density at radius 3 is 2.66 bits per heavy atom. The molecule has 1 unspecified atom stereocenters. The highest BCUT2D eigenvalue weighted by molar-refractivity contribution is 14.0. The molecule has 2 fully saturated rings. The van der Waals surface area contributed by atoms with Gasteiger partial charge in [-0.3, -0.25) is 4.99 Å². The maximum absolute atomic E-state index is 6.08. The van der Waals surface area contributed by atoms with Gasteiger partial charge in [-0.15, -0.1) is 24.0 Å². The third-order valence-electron chi connectivity index (χ3n) is 5.97. The first-order valence-corrected chi connectivity index (χ1v) is 11.0. The summed E-state index contributed by atoms with van der Waals surface area (Å²) in [5, 5.41) is 7.76. The van der Waals surface area contributed by atoms with E-state index in [-0.39, 0.29) is 29.4 Å². The molecule has 0 radical (unpaired) electrons. The predicted molar refractivity (Wildman–Crippen MR) is 131 cm³/mol. The molecule has 1 atom stereocenters. The first kappa shape index (κ1) is 24.7. The van der Waals surface area contributed by atoms with Crippen molar-refractivity contribution >= 4 is 41.5 Å². The molecule has 7 heteroatoms. The van der Waals surface area contributed by atoms with Crippen LogP contribution in [0.15, 0.2) is 29.3 Å². The van der Waals surface area contributed by atoms with Crippen LogP contribution >= 0.6 is 35.6 Å². The molecule has 0 amide bonds. The van der Waals surface area contributed by atoms with E-state index in [0.717, 1.165) is 63.3 Å². The maximum Gasteiger partial charge on any atom is 0.191 e. The molecule has 1 aliphatic heterocycles. The Balaban J connectivity index is 0.00000300. The van der Waals surface area contributed by atoms with Crippen LogP contribution in [0.25, 0.3) is 0 Å². The molecule has 0 spiro atoms. The highest BCUT2D eigenvalue weighted by Gasteiger charge is 2.35. The number of nitrogens with one attached hydrogen (secondary N) is 2. The highest BCUT2D eigenvalue weighted by atomic mass is 127. The summed E-state index contributed by atoms with van der Waals surface area (Å²) < 4.78 is 11.1. The molecule has 3 rings (SSSR count). The van der Waals surface area contributed by atoms with Crippen molar-refractivity contribution in [1.82, 2.24) is 10.6 Å². The molecular formula is C22H35ClIN3O2. The van der Waals surface area contributed by atoms with Crippen molar-refractivity contribution in [2.24, 2.45) is 10.9 Å². The molecule has 0 aromatic heterocycles. The van der Waals surface area contributed by atoms with Crippen molar-refractivity contribution in [2.75, 3.05) is 46.6 Å². The number of guanidine groups is 1. The number of hydrogen-bond acceptors (Lipinski definition) is 3. The fourth-order valence-electron chi connectivity index (χ4n) is 4.24. The Labute approximate surface area is 197 Å². The molecule has 1 aromatic carbocycles. The first-order chi connectivity index (χ1) is 13.7. The second kappa shape index (κ2) is 13.0. The zero-order valence-electron chi connectivity index (χ0n) is 17.4. The molecule has 29 heavy (non-hydrogen) atoms. The Kier molecular flexibility index (Phi) is 11.0. The summed E-state index contributed by atoms with van der Waals surface area (Å²) in [7, 11) is 1.83. The summed E-state index contributed by atoms with van der Waals surface area (Å²) in [4.78, 5) is 4.38. The smallest absolute Gasteiger partial charge is 0.191 e. The van der Waals surface area contributed by atoms with Crippen LogP contribution < -0.4 is 10.6 Å². The van der Waals surface area contributed by atoms with Crippen molar-refractivity contribution in [3.05, 3.63) is 34.9 Å². The van der Waals surface area contributed by atoms with E-state index >= 15 is 0 Å². The van der Waals surface area contributed by atoms with Crippen molar-refractivity contribution in [3.8, 4) is 0 Å². The van der Waals surface area contributed by atoms with Crippen LogP contribution in [0.1, 0.15) is 44.1 Å². The van der Waals surface area contributed by atoms with Gasteiger partial charge in [-0.2, -0.15) is 0 Å². The molecule has 1 aromatic rings.